The van der Waals surface area contributed by atoms with Crippen molar-refractivity contribution in [2.24, 2.45) is 11.8 Å². The van der Waals surface area contributed by atoms with Gasteiger partial charge in [0.05, 0.1) is 17.7 Å². The average molecular weight is 294 g/mol. The van der Waals surface area contributed by atoms with Crippen LogP contribution in [0.25, 0.3) is 0 Å². The molecule has 1 aliphatic heterocycles. The number of aliphatic carboxylic acids is 1. The van der Waals surface area contributed by atoms with Gasteiger partial charge in [0.25, 0.3) is 5.91 Å². The lowest BCUT2D eigenvalue weighted by Gasteiger charge is -2.15. The quantitative estimate of drug-likeness (QED) is 0.827. The number of nitrogens with zero attached hydrogens (tertiary/aromatic N) is 1. The monoisotopic (exact) mass is 294 g/mol. The van der Waals surface area contributed by atoms with E-state index in [1.165, 1.54) is 18.6 Å². The van der Waals surface area contributed by atoms with Crippen LogP contribution in [0.3, 0.4) is 0 Å². The van der Waals surface area contributed by atoms with Crippen molar-refractivity contribution in [2.45, 2.75) is 13.3 Å². The van der Waals surface area contributed by atoms with Crippen LogP contribution in [0, 0.1) is 11.8 Å². The molecule has 1 aromatic heterocycles. The van der Waals surface area contributed by atoms with Gasteiger partial charge in [0.15, 0.2) is 0 Å². The molecule has 0 radical (unpaired) electrons. The molecule has 0 spiro atoms. The molecule has 2 N–H and O–H groups in total. The minimum Gasteiger partial charge on any atom is -0.481 e. The third kappa shape index (κ3) is 3.62. The highest BCUT2D eigenvalue weighted by molar-refractivity contribution is 5.94. The SMILES string of the molecule is CC1CN(C(=O)CCNC(=O)c2ccoc2)CC1C(=O)O. The van der Waals surface area contributed by atoms with Gasteiger partial charge in [-0.1, -0.05) is 6.92 Å². The normalized spacial score (nSPS) is 21.3. The number of hydrogen-bond acceptors (Lipinski definition) is 4. The van der Waals surface area contributed by atoms with Gasteiger partial charge in [0.1, 0.15) is 6.26 Å². The Morgan fingerprint density at radius 2 is 2.19 bits per heavy atom. The average Bonchev–Trinajstić information content (AvgIpc) is 3.07. The predicted molar refractivity (Wildman–Crippen MR) is 72.5 cm³/mol. The van der Waals surface area contributed by atoms with Crippen molar-refractivity contribution in [1.82, 2.24) is 10.2 Å². The first-order chi connectivity index (χ1) is 9.99. The van der Waals surface area contributed by atoms with Crippen molar-refractivity contribution in [1.29, 1.82) is 0 Å². The van der Waals surface area contributed by atoms with E-state index in [0.29, 0.717) is 12.1 Å². The lowest BCUT2D eigenvalue weighted by atomic mass is 9.99. The number of rotatable bonds is 5. The van der Waals surface area contributed by atoms with Gasteiger partial charge in [-0.05, 0) is 12.0 Å². The zero-order valence-corrected chi connectivity index (χ0v) is 11.7. The van der Waals surface area contributed by atoms with E-state index in [4.69, 9.17) is 9.52 Å². The minimum atomic E-state index is -0.869. The molecule has 1 fully saturated rings. The molecular formula is C14H18N2O5. The molecule has 0 saturated carbocycles. The Kier molecular flexibility index (Phi) is 4.62. The van der Waals surface area contributed by atoms with Gasteiger partial charge in [-0.2, -0.15) is 0 Å². The molecule has 1 saturated heterocycles. The molecule has 2 amide bonds. The Hall–Kier alpha value is -2.31. The number of furan rings is 1. The summed E-state index contributed by atoms with van der Waals surface area (Å²) >= 11 is 0. The topological polar surface area (TPSA) is 99.9 Å². The summed E-state index contributed by atoms with van der Waals surface area (Å²) in [6.45, 7) is 2.73. The molecule has 21 heavy (non-hydrogen) atoms. The maximum absolute atomic E-state index is 12.0. The summed E-state index contributed by atoms with van der Waals surface area (Å²) < 4.78 is 4.80. The number of carbonyl (C=O) groups excluding carboxylic acids is 2. The van der Waals surface area contributed by atoms with Crippen LogP contribution in [0.1, 0.15) is 23.7 Å². The Morgan fingerprint density at radius 1 is 1.43 bits per heavy atom. The van der Waals surface area contributed by atoms with Gasteiger partial charge in [-0.3, -0.25) is 14.4 Å². The van der Waals surface area contributed by atoms with Gasteiger partial charge in [-0.25, -0.2) is 0 Å². The van der Waals surface area contributed by atoms with Crippen molar-refractivity contribution in [3.63, 3.8) is 0 Å². The fraction of sp³-hybridized carbons (Fsp3) is 0.500. The third-order valence-electron chi connectivity index (χ3n) is 3.69. The standard InChI is InChI=1S/C14H18N2O5/c1-9-6-16(7-11(9)14(19)20)12(17)2-4-15-13(18)10-3-5-21-8-10/h3,5,8-9,11H,2,4,6-7H2,1H3,(H,15,18)(H,19,20). The highest BCUT2D eigenvalue weighted by Crippen LogP contribution is 2.23. The van der Waals surface area contributed by atoms with Gasteiger partial charge in [-0.15, -0.1) is 0 Å². The summed E-state index contributed by atoms with van der Waals surface area (Å²) in [5, 5.41) is 11.7. The van der Waals surface area contributed by atoms with Crippen LogP contribution in [0.15, 0.2) is 23.0 Å². The fourth-order valence-corrected chi connectivity index (χ4v) is 2.43. The lowest BCUT2D eigenvalue weighted by molar-refractivity contribution is -0.142. The summed E-state index contributed by atoms with van der Waals surface area (Å²) in [7, 11) is 0. The van der Waals surface area contributed by atoms with E-state index in [1.807, 2.05) is 6.92 Å². The summed E-state index contributed by atoms with van der Waals surface area (Å²) in [6, 6.07) is 1.54. The molecule has 0 bridgehead atoms. The highest BCUT2D eigenvalue weighted by atomic mass is 16.4. The minimum absolute atomic E-state index is 0.0491. The summed E-state index contributed by atoms with van der Waals surface area (Å²) in [5.74, 6) is -1.86. The first-order valence-corrected chi connectivity index (χ1v) is 6.80. The Labute approximate surface area is 121 Å². The molecule has 2 heterocycles. The zero-order valence-electron chi connectivity index (χ0n) is 11.7. The van der Waals surface area contributed by atoms with Crippen molar-refractivity contribution in [3.05, 3.63) is 24.2 Å². The highest BCUT2D eigenvalue weighted by Gasteiger charge is 2.36. The van der Waals surface area contributed by atoms with Crippen molar-refractivity contribution < 1.29 is 23.9 Å². The first kappa shape index (κ1) is 15.1. The van der Waals surface area contributed by atoms with E-state index < -0.39 is 11.9 Å². The lowest BCUT2D eigenvalue weighted by Crippen LogP contribution is -2.33. The second kappa shape index (κ2) is 6.43. The maximum Gasteiger partial charge on any atom is 0.308 e. The van der Waals surface area contributed by atoms with Crippen LogP contribution >= 0.6 is 0 Å². The number of likely N-dealkylation sites (tertiary alicyclic amines) is 1. The number of carboxylic acid groups (broad SMARTS) is 1. The van der Waals surface area contributed by atoms with Gasteiger partial charge >= 0.3 is 5.97 Å². The first-order valence-electron chi connectivity index (χ1n) is 6.80. The molecule has 2 unspecified atom stereocenters. The van der Waals surface area contributed by atoms with E-state index in [-0.39, 0.29) is 37.2 Å². The van der Waals surface area contributed by atoms with Crippen molar-refractivity contribution in [3.8, 4) is 0 Å². The number of carboxylic acids is 1. The van der Waals surface area contributed by atoms with Gasteiger partial charge in [0.2, 0.25) is 5.91 Å². The van der Waals surface area contributed by atoms with Crippen LogP contribution in [-0.2, 0) is 9.59 Å². The van der Waals surface area contributed by atoms with Crippen molar-refractivity contribution in [2.75, 3.05) is 19.6 Å². The van der Waals surface area contributed by atoms with Gasteiger partial charge in [0, 0.05) is 26.1 Å². The number of nitrogens with one attached hydrogen (secondary N) is 1. The third-order valence-corrected chi connectivity index (χ3v) is 3.69. The van der Waals surface area contributed by atoms with E-state index in [2.05, 4.69) is 5.32 Å². The molecule has 0 aromatic carbocycles. The Morgan fingerprint density at radius 3 is 2.76 bits per heavy atom. The summed E-state index contributed by atoms with van der Waals surface area (Å²) in [6.07, 6.45) is 2.89. The molecule has 0 aliphatic carbocycles. The largest absolute Gasteiger partial charge is 0.481 e. The van der Waals surface area contributed by atoms with E-state index in [0.717, 1.165) is 0 Å². The van der Waals surface area contributed by atoms with Crippen LogP contribution in [0.4, 0.5) is 0 Å². The Balaban J connectivity index is 1.75. The summed E-state index contributed by atoms with van der Waals surface area (Å²) in [5.41, 5.74) is 0.406. The second-order valence-electron chi connectivity index (χ2n) is 5.24. The smallest absolute Gasteiger partial charge is 0.308 e. The Bertz CT molecular complexity index is 525. The second-order valence-corrected chi connectivity index (χ2v) is 5.24. The van der Waals surface area contributed by atoms with Crippen LogP contribution in [-0.4, -0.2) is 47.4 Å². The van der Waals surface area contributed by atoms with Gasteiger partial charge < -0.3 is 19.7 Å². The molecule has 1 aromatic rings. The number of amides is 2. The van der Waals surface area contributed by atoms with E-state index >= 15 is 0 Å². The van der Waals surface area contributed by atoms with E-state index in [9.17, 15) is 14.4 Å². The van der Waals surface area contributed by atoms with Crippen LogP contribution in [0.2, 0.25) is 0 Å². The van der Waals surface area contributed by atoms with E-state index in [1.54, 1.807) is 4.90 Å². The molecular weight excluding hydrogens is 276 g/mol. The molecule has 114 valence electrons. The molecule has 1 aliphatic rings. The molecule has 7 nitrogen and oxygen atoms in total. The molecule has 2 rings (SSSR count). The maximum atomic E-state index is 12.0. The zero-order chi connectivity index (χ0) is 15.4. The fourth-order valence-electron chi connectivity index (χ4n) is 2.43. The van der Waals surface area contributed by atoms with Crippen LogP contribution < -0.4 is 5.32 Å². The van der Waals surface area contributed by atoms with Crippen molar-refractivity contribution >= 4 is 17.8 Å². The predicted octanol–water partition coefficient (Wildman–Crippen LogP) is 0.579. The number of carbonyl (C=O) groups is 3. The summed E-state index contributed by atoms with van der Waals surface area (Å²) in [4.78, 5) is 36.2. The molecule has 2 atom stereocenters. The van der Waals surface area contributed by atoms with Crippen LogP contribution in [0.5, 0.6) is 0 Å². The molecule has 7 heteroatoms. The number of hydrogen-bond donors (Lipinski definition) is 2.